The summed E-state index contributed by atoms with van der Waals surface area (Å²) in [5, 5.41) is 33.9. The van der Waals surface area contributed by atoms with Crippen molar-refractivity contribution < 1.29 is 29.4 Å². The Bertz CT molecular complexity index is 617. The van der Waals surface area contributed by atoms with Crippen molar-refractivity contribution in [2.24, 2.45) is 5.92 Å². The number of carboxylic acids is 2. The van der Waals surface area contributed by atoms with E-state index in [0.29, 0.717) is 0 Å². The van der Waals surface area contributed by atoms with E-state index < -0.39 is 42.5 Å². The summed E-state index contributed by atoms with van der Waals surface area (Å²) in [5.74, 6) is -3.29. The Morgan fingerprint density at radius 2 is 1.72 bits per heavy atom. The first kappa shape index (κ1) is 19.9. The van der Waals surface area contributed by atoms with Gasteiger partial charge in [-0.1, -0.05) is 13.8 Å². The molecule has 1 rings (SSSR count). The van der Waals surface area contributed by atoms with Crippen LogP contribution in [0.4, 0.5) is 4.79 Å². The van der Waals surface area contributed by atoms with E-state index in [2.05, 4.69) is 31.4 Å². The van der Waals surface area contributed by atoms with Crippen molar-refractivity contribution in [1.82, 2.24) is 31.4 Å². The van der Waals surface area contributed by atoms with Gasteiger partial charge >= 0.3 is 18.0 Å². The topological polar surface area (TPSA) is 186 Å². The van der Waals surface area contributed by atoms with E-state index in [9.17, 15) is 19.2 Å². The highest BCUT2D eigenvalue weighted by Gasteiger charge is 2.25. The molecule has 138 valence electrons. The van der Waals surface area contributed by atoms with Crippen molar-refractivity contribution in [3.8, 4) is 0 Å². The number of carbonyl (C=O) groups excluding carboxylic acids is 2. The van der Waals surface area contributed by atoms with Gasteiger partial charge in [-0.2, -0.15) is 15.4 Å². The van der Waals surface area contributed by atoms with E-state index in [-0.39, 0.29) is 18.0 Å². The molecule has 0 saturated carbocycles. The third-order valence-electron chi connectivity index (χ3n) is 3.03. The fraction of sp³-hybridized carbons (Fsp3) is 0.538. The van der Waals surface area contributed by atoms with Gasteiger partial charge in [0, 0.05) is 6.54 Å². The van der Waals surface area contributed by atoms with Crippen LogP contribution in [0.5, 0.6) is 0 Å². The van der Waals surface area contributed by atoms with E-state index in [1.807, 2.05) is 0 Å². The van der Waals surface area contributed by atoms with Crippen molar-refractivity contribution in [2.45, 2.75) is 32.4 Å². The maximum atomic E-state index is 11.8. The van der Waals surface area contributed by atoms with Crippen molar-refractivity contribution >= 4 is 23.9 Å². The number of rotatable bonds is 9. The zero-order valence-corrected chi connectivity index (χ0v) is 13.6. The fourth-order valence-corrected chi connectivity index (χ4v) is 1.85. The zero-order valence-electron chi connectivity index (χ0n) is 13.6. The molecule has 6 N–H and O–H groups in total. The number of amides is 3. The highest BCUT2D eigenvalue weighted by Crippen LogP contribution is 2.04. The molecule has 0 bridgehead atoms. The standard InChI is InChI=1S/C13H20N6O6/c1-6(2)3-7(11(21)22)16-13(25)17-9(12(23)24)4-14-10(20)8-5-15-19-18-8/h5-7,9H,3-4H2,1-2H3,(H,14,20)(H,21,22)(H,23,24)(H,15,18,19)(H2,16,17,25)/t7?,9-/m0/s1. The first-order valence-electron chi connectivity index (χ1n) is 7.37. The van der Waals surface area contributed by atoms with Gasteiger partial charge in [-0.05, 0) is 12.3 Å². The largest absolute Gasteiger partial charge is 0.480 e. The van der Waals surface area contributed by atoms with E-state index in [0.717, 1.165) is 6.20 Å². The molecule has 3 amide bonds. The average Bonchev–Trinajstić information content (AvgIpc) is 3.04. The lowest BCUT2D eigenvalue weighted by atomic mass is 10.0. The smallest absolute Gasteiger partial charge is 0.328 e. The number of nitrogens with one attached hydrogen (secondary N) is 4. The van der Waals surface area contributed by atoms with Crippen molar-refractivity contribution in [3.05, 3.63) is 11.9 Å². The number of aromatic nitrogens is 3. The van der Waals surface area contributed by atoms with Gasteiger partial charge in [0.2, 0.25) is 0 Å². The van der Waals surface area contributed by atoms with E-state index in [4.69, 9.17) is 10.2 Å². The molecule has 1 heterocycles. The second-order valence-electron chi connectivity index (χ2n) is 5.59. The first-order chi connectivity index (χ1) is 11.7. The minimum Gasteiger partial charge on any atom is -0.480 e. The van der Waals surface area contributed by atoms with Gasteiger partial charge in [-0.3, -0.25) is 4.79 Å². The number of urea groups is 1. The molecule has 0 radical (unpaired) electrons. The number of carbonyl (C=O) groups is 4. The Kier molecular flexibility index (Phi) is 7.31. The molecule has 1 aromatic heterocycles. The van der Waals surface area contributed by atoms with Crippen LogP contribution in [0.3, 0.4) is 0 Å². The highest BCUT2D eigenvalue weighted by atomic mass is 16.4. The number of hydrogen-bond acceptors (Lipinski definition) is 6. The Hall–Kier alpha value is -3.18. The zero-order chi connectivity index (χ0) is 19.0. The number of aliphatic carboxylic acids is 2. The fourth-order valence-electron chi connectivity index (χ4n) is 1.85. The summed E-state index contributed by atoms with van der Waals surface area (Å²) in [5.41, 5.74) is -0.0449. The maximum absolute atomic E-state index is 11.8. The van der Waals surface area contributed by atoms with Gasteiger partial charge < -0.3 is 26.2 Å². The van der Waals surface area contributed by atoms with Crippen LogP contribution in [0, 0.1) is 5.92 Å². The SMILES string of the molecule is CC(C)CC(NC(=O)N[C@@H](CNC(=O)c1cn[nH]n1)C(=O)O)C(=O)O. The maximum Gasteiger partial charge on any atom is 0.328 e. The van der Waals surface area contributed by atoms with Crippen LogP contribution < -0.4 is 16.0 Å². The van der Waals surface area contributed by atoms with Crippen LogP contribution in [0.1, 0.15) is 30.8 Å². The Labute approximate surface area is 142 Å². The Balaban J connectivity index is 2.58. The van der Waals surface area contributed by atoms with E-state index in [1.165, 1.54) is 0 Å². The summed E-state index contributed by atoms with van der Waals surface area (Å²) in [6, 6.07) is -3.57. The van der Waals surface area contributed by atoms with E-state index >= 15 is 0 Å². The van der Waals surface area contributed by atoms with Crippen molar-refractivity contribution in [3.63, 3.8) is 0 Å². The minimum absolute atomic E-state index is 0.0124. The molecule has 0 fully saturated rings. The third-order valence-corrected chi connectivity index (χ3v) is 3.03. The van der Waals surface area contributed by atoms with Crippen LogP contribution in [0.2, 0.25) is 0 Å². The molecule has 0 aliphatic rings. The van der Waals surface area contributed by atoms with Crippen LogP contribution in [0.25, 0.3) is 0 Å². The predicted molar refractivity (Wildman–Crippen MR) is 82.7 cm³/mol. The summed E-state index contributed by atoms with van der Waals surface area (Å²) in [6.07, 6.45) is 1.33. The van der Waals surface area contributed by atoms with Gasteiger partial charge in [-0.15, -0.1) is 0 Å². The van der Waals surface area contributed by atoms with Gasteiger partial charge in [0.15, 0.2) is 5.69 Å². The van der Waals surface area contributed by atoms with Gasteiger partial charge in [-0.25, -0.2) is 14.4 Å². The number of carboxylic acid groups (broad SMARTS) is 2. The Morgan fingerprint density at radius 3 is 2.20 bits per heavy atom. The lowest BCUT2D eigenvalue weighted by molar-refractivity contribution is -0.139. The number of aromatic amines is 1. The predicted octanol–water partition coefficient (Wildman–Crippen LogP) is -1.21. The Morgan fingerprint density at radius 1 is 1.12 bits per heavy atom. The average molecular weight is 356 g/mol. The summed E-state index contributed by atoms with van der Waals surface area (Å²) in [4.78, 5) is 45.8. The molecule has 0 aromatic carbocycles. The molecule has 1 unspecified atom stereocenters. The van der Waals surface area contributed by atoms with E-state index in [1.54, 1.807) is 13.8 Å². The minimum atomic E-state index is -1.45. The van der Waals surface area contributed by atoms with Gasteiger partial charge in [0.1, 0.15) is 12.1 Å². The van der Waals surface area contributed by atoms with Crippen LogP contribution >= 0.6 is 0 Å². The number of H-pyrrole nitrogens is 1. The molecule has 1 aromatic rings. The molecule has 12 heteroatoms. The monoisotopic (exact) mass is 356 g/mol. The van der Waals surface area contributed by atoms with Crippen LogP contribution in [-0.4, -0.2) is 68.1 Å². The lowest BCUT2D eigenvalue weighted by Crippen LogP contribution is -2.54. The molecular weight excluding hydrogens is 336 g/mol. The molecule has 0 spiro atoms. The van der Waals surface area contributed by atoms with Crippen molar-refractivity contribution in [1.29, 1.82) is 0 Å². The second kappa shape index (κ2) is 9.20. The quantitative estimate of drug-likeness (QED) is 0.318. The summed E-state index contributed by atoms with van der Waals surface area (Å²) < 4.78 is 0. The van der Waals surface area contributed by atoms with Crippen molar-refractivity contribution in [2.75, 3.05) is 6.54 Å². The summed E-state index contributed by atoms with van der Waals surface area (Å²) in [7, 11) is 0. The summed E-state index contributed by atoms with van der Waals surface area (Å²) in [6.45, 7) is 3.15. The highest BCUT2D eigenvalue weighted by molar-refractivity contribution is 5.92. The second-order valence-corrected chi connectivity index (χ2v) is 5.59. The van der Waals surface area contributed by atoms with Crippen LogP contribution in [-0.2, 0) is 9.59 Å². The van der Waals surface area contributed by atoms with Gasteiger partial charge in [0.25, 0.3) is 5.91 Å². The third kappa shape index (κ3) is 6.85. The van der Waals surface area contributed by atoms with Crippen LogP contribution in [0.15, 0.2) is 6.20 Å². The number of nitrogens with zero attached hydrogens (tertiary/aromatic N) is 2. The summed E-state index contributed by atoms with van der Waals surface area (Å²) >= 11 is 0. The molecule has 0 aliphatic carbocycles. The molecule has 0 aliphatic heterocycles. The molecule has 2 atom stereocenters. The molecule has 12 nitrogen and oxygen atoms in total. The first-order valence-corrected chi connectivity index (χ1v) is 7.37. The lowest BCUT2D eigenvalue weighted by Gasteiger charge is -2.19. The number of hydrogen-bond donors (Lipinski definition) is 6. The molecule has 25 heavy (non-hydrogen) atoms. The van der Waals surface area contributed by atoms with Gasteiger partial charge in [0.05, 0.1) is 6.20 Å². The molecule has 0 saturated heterocycles. The normalized spacial score (nSPS) is 12.9. The molecular formula is C13H20N6O6.